The quantitative estimate of drug-likeness (QED) is 0.482. The summed E-state index contributed by atoms with van der Waals surface area (Å²) < 4.78 is 20.4. The second kappa shape index (κ2) is 8.66. The number of hydrogen-bond donors (Lipinski definition) is 0. The molecular formula is C24H22FN5O2. The van der Waals surface area contributed by atoms with Crippen LogP contribution in [0.3, 0.4) is 0 Å². The number of carbonyl (C=O) groups excluding carboxylic acids is 1. The lowest BCUT2D eigenvalue weighted by Crippen LogP contribution is -2.49. The Morgan fingerprint density at radius 3 is 2.44 bits per heavy atom. The first kappa shape index (κ1) is 20.0. The number of anilines is 1. The molecule has 0 atom stereocenters. The van der Waals surface area contributed by atoms with E-state index in [0.29, 0.717) is 36.1 Å². The molecule has 7 nitrogen and oxygen atoms in total. The van der Waals surface area contributed by atoms with Crippen molar-refractivity contribution in [3.63, 3.8) is 0 Å². The predicted molar refractivity (Wildman–Crippen MR) is 118 cm³/mol. The van der Waals surface area contributed by atoms with Crippen LogP contribution >= 0.6 is 0 Å². The molecule has 1 saturated heterocycles. The Kier molecular flexibility index (Phi) is 5.41. The van der Waals surface area contributed by atoms with Crippen molar-refractivity contribution in [2.75, 3.05) is 31.1 Å². The molecule has 1 fully saturated rings. The fraction of sp³-hybridized carbons (Fsp3) is 0.208. The molecule has 32 heavy (non-hydrogen) atoms. The topological polar surface area (TPSA) is 67.4 Å². The van der Waals surface area contributed by atoms with Gasteiger partial charge in [0.15, 0.2) is 0 Å². The highest BCUT2D eigenvalue weighted by Crippen LogP contribution is 2.23. The zero-order chi connectivity index (χ0) is 21.9. The number of nitrogens with zero attached hydrogens (tertiary/aromatic N) is 5. The average Bonchev–Trinajstić information content (AvgIpc) is 3.50. The minimum atomic E-state index is -0.325. The Balaban J connectivity index is 1.25. The summed E-state index contributed by atoms with van der Waals surface area (Å²) in [7, 11) is 0. The lowest BCUT2D eigenvalue weighted by Gasteiger charge is -2.36. The molecule has 1 aliphatic rings. The molecule has 0 radical (unpaired) electrons. The van der Waals surface area contributed by atoms with Crippen LogP contribution in [0.2, 0.25) is 0 Å². The van der Waals surface area contributed by atoms with Gasteiger partial charge in [-0.05, 0) is 48.5 Å². The lowest BCUT2D eigenvalue weighted by molar-refractivity contribution is -0.132. The van der Waals surface area contributed by atoms with Crippen molar-refractivity contribution in [2.24, 2.45) is 0 Å². The van der Waals surface area contributed by atoms with Crippen molar-refractivity contribution < 1.29 is 13.7 Å². The molecule has 0 bridgehead atoms. The summed E-state index contributed by atoms with van der Waals surface area (Å²) in [6, 6.07) is 19.8. The fourth-order valence-electron chi connectivity index (χ4n) is 3.89. The van der Waals surface area contributed by atoms with Crippen LogP contribution in [-0.4, -0.2) is 51.7 Å². The molecule has 5 rings (SSSR count). The minimum Gasteiger partial charge on any atom is -0.368 e. The highest BCUT2D eigenvalue weighted by atomic mass is 19.1. The molecule has 4 aromatic rings. The SMILES string of the molecule is O=C(Cn1cccc1-c1nc(-c2ccc(F)cc2)no1)N1CCN(c2ccccc2)CC1. The second-order valence-corrected chi connectivity index (χ2v) is 7.65. The van der Waals surface area contributed by atoms with E-state index in [4.69, 9.17) is 4.52 Å². The molecule has 0 aliphatic carbocycles. The highest BCUT2D eigenvalue weighted by Gasteiger charge is 2.23. The Morgan fingerprint density at radius 1 is 0.938 bits per heavy atom. The average molecular weight is 431 g/mol. The van der Waals surface area contributed by atoms with Crippen LogP contribution in [0.25, 0.3) is 23.0 Å². The summed E-state index contributed by atoms with van der Waals surface area (Å²) in [5.41, 5.74) is 2.51. The third kappa shape index (κ3) is 4.12. The van der Waals surface area contributed by atoms with Crippen molar-refractivity contribution in [3.05, 3.63) is 78.7 Å². The molecule has 8 heteroatoms. The number of amides is 1. The van der Waals surface area contributed by atoms with E-state index >= 15 is 0 Å². The number of rotatable bonds is 5. The summed E-state index contributed by atoms with van der Waals surface area (Å²) in [6.45, 7) is 3.17. The Morgan fingerprint density at radius 2 is 1.69 bits per heavy atom. The highest BCUT2D eigenvalue weighted by molar-refractivity contribution is 5.77. The van der Waals surface area contributed by atoms with Gasteiger partial charge < -0.3 is 18.9 Å². The standard InChI is InChI=1S/C24H22FN5O2/c25-19-10-8-18(9-11-19)23-26-24(32-27-23)21-7-4-12-30(21)17-22(31)29-15-13-28(14-16-29)20-5-2-1-3-6-20/h1-12H,13-17H2. The maximum absolute atomic E-state index is 13.2. The van der Waals surface area contributed by atoms with Gasteiger partial charge in [-0.25, -0.2) is 4.39 Å². The van der Waals surface area contributed by atoms with E-state index in [1.807, 2.05) is 46.0 Å². The van der Waals surface area contributed by atoms with E-state index in [-0.39, 0.29) is 18.3 Å². The lowest BCUT2D eigenvalue weighted by atomic mass is 10.2. The van der Waals surface area contributed by atoms with Gasteiger partial charge in [0.25, 0.3) is 5.89 Å². The Bertz CT molecular complexity index is 1190. The van der Waals surface area contributed by atoms with E-state index in [1.165, 1.54) is 17.8 Å². The summed E-state index contributed by atoms with van der Waals surface area (Å²) >= 11 is 0. The van der Waals surface area contributed by atoms with Crippen molar-refractivity contribution >= 4 is 11.6 Å². The van der Waals surface area contributed by atoms with E-state index < -0.39 is 0 Å². The first-order valence-corrected chi connectivity index (χ1v) is 10.5. The van der Waals surface area contributed by atoms with Gasteiger partial charge >= 0.3 is 0 Å². The largest absolute Gasteiger partial charge is 0.368 e. The van der Waals surface area contributed by atoms with Gasteiger partial charge in [0.1, 0.15) is 18.1 Å². The van der Waals surface area contributed by atoms with Gasteiger partial charge in [-0.2, -0.15) is 4.98 Å². The van der Waals surface area contributed by atoms with Crippen molar-refractivity contribution in [1.82, 2.24) is 19.6 Å². The summed E-state index contributed by atoms with van der Waals surface area (Å²) in [5, 5.41) is 4.00. The number of para-hydroxylation sites is 1. The number of aromatic nitrogens is 3. The molecule has 1 aliphatic heterocycles. The first-order valence-electron chi connectivity index (χ1n) is 10.5. The monoisotopic (exact) mass is 431 g/mol. The van der Waals surface area contributed by atoms with E-state index in [1.54, 1.807) is 12.1 Å². The van der Waals surface area contributed by atoms with Gasteiger partial charge in [0.05, 0.1) is 0 Å². The predicted octanol–water partition coefficient (Wildman–Crippen LogP) is 3.69. The van der Waals surface area contributed by atoms with Gasteiger partial charge in [-0.1, -0.05) is 23.4 Å². The molecule has 0 spiro atoms. The zero-order valence-corrected chi connectivity index (χ0v) is 17.4. The summed E-state index contributed by atoms with van der Waals surface area (Å²) in [4.78, 5) is 21.5. The maximum Gasteiger partial charge on any atom is 0.274 e. The zero-order valence-electron chi connectivity index (χ0n) is 17.4. The number of hydrogen-bond acceptors (Lipinski definition) is 5. The van der Waals surface area contributed by atoms with Gasteiger partial charge in [0.2, 0.25) is 11.7 Å². The van der Waals surface area contributed by atoms with Gasteiger partial charge in [-0.3, -0.25) is 4.79 Å². The molecule has 162 valence electrons. The van der Waals surface area contributed by atoms with Crippen LogP contribution in [-0.2, 0) is 11.3 Å². The third-order valence-corrected chi connectivity index (χ3v) is 5.64. The number of halogens is 1. The molecule has 0 unspecified atom stereocenters. The van der Waals surface area contributed by atoms with Crippen LogP contribution in [0.4, 0.5) is 10.1 Å². The number of piperazine rings is 1. The fourth-order valence-corrected chi connectivity index (χ4v) is 3.89. The van der Waals surface area contributed by atoms with Crippen molar-refractivity contribution in [2.45, 2.75) is 6.54 Å². The molecule has 3 heterocycles. The maximum atomic E-state index is 13.2. The summed E-state index contributed by atoms with van der Waals surface area (Å²) in [6.07, 6.45) is 1.83. The molecule has 1 amide bonds. The number of benzene rings is 2. The van der Waals surface area contributed by atoms with Gasteiger partial charge in [-0.15, -0.1) is 0 Å². The third-order valence-electron chi connectivity index (χ3n) is 5.64. The molecular weight excluding hydrogens is 409 g/mol. The minimum absolute atomic E-state index is 0.0495. The normalized spacial score (nSPS) is 14.0. The van der Waals surface area contributed by atoms with E-state index in [2.05, 4.69) is 27.2 Å². The smallest absolute Gasteiger partial charge is 0.274 e. The van der Waals surface area contributed by atoms with Crippen LogP contribution in [0.1, 0.15) is 0 Å². The van der Waals surface area contributed by atoms with Crippen LogP contribution in [0.15, 0.2) is 77.4 Å². The van der Waals surface area contributed by atoms with E-state index in [9.17, 15) is 9.18 Å². The van der Waals surface area contributed by atoms with Crippen LogP contribution in [0, 0.1) is 5.82 Å². The van der Waals surface area contributed by atoms with Crippen LogP contribution < -0.4 is 4.90 Å². The van der Waals surface area contributed by atoms with Crippen molar-refractivity contribution in [3.8, 4) is 23.0 Å². The first-order chi connectivity index (χ1) is 15.7. The molecule has 0 saturated carbocycles. The van der Waals surface area contributed by atoms with Crippen molar-refractivity contribution in [1.29, 1.82) is 0 Å². The number of carbonyl (C=O) groups is 1. The Labute approximate surface area is 184 Å². The van der Waals surface area contributed by atoms with Gasteiger partial charge in [0, 0.05) is 43.6 Å². The molecule has 0 N–H and O–H groups in total. The Hall–Kier alpha value is -3.94. The van der Waals surface area contributed by atoms with E-state index in [0.717, 1.165) is 13.1 Å². The molecule has 2 aromatic carbocycles. The second-order valence-electron chi connectivity index (χ2n) is 7.65. The van der Waals surface area contributed by atoms with Crippen LogP contribution in [0.5, 0.6) is 0 Å². The molecule has 2 aromatic heterocycles. The summed E-state index contributed by atoms with van der Waals surface area (Å²) in [5.74, 6) is 0.412.